The first-order chi connectivity index (χ1) is 60.5. The third-order valence-electron chi connectivity index (χ3n) is 26.8. The third-order valence-corrected chi connectivity index (χ3v) is 33.8. The van der Waals surface area contributed by atoms with Crippen molar-refractivity contribution >= 4 is 136 Å². The molecule has 8 aliphatic rings. The average Bonchev–Trinajstić information content (AvgIpc) is 1.49. The van der Waals surface area contributed by atoms with Gasteiger partial charge in [-0.05, 0) is 243 Å². The van der Waals surface area contributed by atoms with E-state index in [0.717, 1.165) is 48.1 Å². The van der Waals surface area contributed by atoms with E-state index in [0.29, 0.717) is 184 Å². The molecule has 2 spiro atoms. The van der Waals surface area contributed by atoms with Crippen LogP contribution in [0.15, 0.2) is 171 Å². The molecule has 7 aromatic carbocycles. The molecule has 4 unspecified atom stereocenters. The number of likely N-dealkylation sites (N-methyl/N-ethyl adjacent to an activating group) is 1. The Labute approximate surface area is 761 Å². The highest BCUT2D eigenvalue weighted by atomic mass is 35.5. The maximum Gasteiger partial charge on any atom is 0.501 e. The van der Waals surface area contributed by atoms with Gasteiger partial charge in [-0.15, -0.1) is 11.8 Å². The number of ether oxygens (including phenoxy) is 1. The number of benzene rings is 7. The summed E-state index contributed by atoms with van der Waals surface area (Å²) < 4.78 is 178. The number of piperidine rings is 1. The van der Waals surface area contributed by atoms with Crippen molar-refractivity contribution in [3.63, 3.8) is 0 Å². The van der Waals surface area contributed by atoms with Gasteiger partial charge >= 0.3 is 25.0 Å². The summed E-state index contributed by atoms with van der Waals surface area (Å²) in [6.07, 6.45) is 9.36. The molecule has 7 fully saturated rings. The van der Waals surface area contributed by atoms with Gasteiger partial charge in [0.15, 0.2) is 9.84 Å². The third kappa shape index (κ3) is 19.5. The molecule has 3 saturated heterocycles. The molecule has 4 aliphatic carbocycles. The zero-order valence-corrected chi connectivity index (χ0v) is 77.7. The average molecular weight is 1920 g/mol. The number of carbonyl (C=O) groups is 4. The van der Waals surface area contributed by atoms with Crippen molar-refractivity contribution < 1.29 is 90.6 Å². The summed E-state index contributed by atoms with van der Waals surface area (Å²) in [7, 11) is -18.9. The Bertz CT molecular complexity index is 5900. The molecule has 4 atom stereocenters. The minimum absolute atomic E-state index is 0.0139. The first-order valence-electron chi connectivity index (χ1n) is 42.9. The minimum Gasteiger partial charge on any atom is -0.481 e. The Morgan fingerprint density at radius 3 is 1.98 bits per heavy atom. The number of rotatable bonds is 28. The maximum absolute atomic E-state index is 16.3. The number of halogens is 8. The van der Waals surface area contributed by atoms with Crippen LogP contribution in [0.25, 0.3) is 22.4 Å². The van der Waals surface area contributed by atoms with Crippen LogP contribution < -0.4 is 30.5 Å². The standard InChI is InChI=1S/C57H66ClF4N6O11PS4.C34H38Cl2FN3O4/c1-38(2)68-39(3)55(82(4,73)74)53(54(68)40-11-13-43(58)14-12-40)42-33-44(59)35-48(34-42)67-29-27-66(28-30-67)47-17-15-45(16-18-47)64-84(77,78)50-19-20-51(52(36-50)83(75,76)57(60,61)62)63-46(37-81-49-9-6-5-7-10-49)23-26-65-24-21-41(22-25-65)56(69)79-31-8-32-80(70,71)72;1-2-40-27(28(41)39-32-16-13-31(14-17-32,15-18-32)30(43)44)25(21-7-6-8-23(36)26(21)37)34(33(40)11-4-3-5-12-33)22-10-9-20(35)19-24(22)38-29(34)42/h5-7,9-20,33-36,38,41,46,63-64H,8,21-32,37H2,1-4H3,(H2,70,71,72);6-10,19,25,27H,2-5,11-18H2,1H3,(H,38,42)(H,39,41)(H,43,44). The van der Waals surface area contributed by atoms with E-state index in [-0.39, 0.29) is 57.8 Å². The number of alkyl halides is 3. The molecular formula is C91H104Cl3F5N9O15PS4. The van der Waals surface area contributed by atoms with E-state index in [2.05, 4.69) is 30.5 Å². The number of anilines is 5. The summed E-state index contributed by atoms with van der Waals surface area (Å²) in [4.78, 5) is 79.7. The number of nitrogens with one attached hydrogen (secondary N) is 4. The number of hydrogen-bond acceptors (Lipinski definition) is 18. The smallest absolute Gasteiger partial charge is 0.481 e. The molecule has 1 aromatic heterocycles. The zero-order valence-electron chi connectivity index (χ0n) is 71.3. The van der Waals surface area contributed by atoms with E-state index in [1.54, 1.807) is 73.7 Å². The van der Waals surface area contributed by atoms with E-state index in [9.17, 15) is 67.3 Å². The molecule has 5 heterocycles. The van der Waals surface area contributed by atoms with Gasteiger partial charge in [-0.3, -0.25) is 33.4 Å². The quantitative estimate of drug-likeness (QED) is 0.00787. The molecular weight excluding hydrogens is 1820 g/mol. The number of hydrogen-bond donors (Lipinski definition) is 7. The van der Waals surface area contributed by atoms with E-state index >= 15 is 8.78 Å². The molecule has 2 amide bonds. The molecule has 4 saturated carbocycles. The van der Waals surface area contributed by atoms with Crippen LogP contribution >= 0.6 is 54.2 Å². The van der Waals surface area contributed by atoms with Crippen LogP contribution in [0, 0.1) is 29.9 Å². The largest absolute Gasteiger partial charge is 0.501 e. The number of amides is 2. The Morgan fingerprint density at radius 2 is 1.38 bits per heavy atom. The Kier molecular flexibility index (Phi) is 28.5. The van der Waals surface area contributed by atoms with Crippen molar-refractivity contribution in [1.29, 1.82) is 0 Å². The molecule has 128 heavy (non-hydrogen) atoms. The predicted octanol–water partition coefficient (Wildman–Crippen LogP) is 17.9. The Balaban J connectivity index is 0.000000250. The highest BCUT2D eigenvalue weighted by molar-refractivity contribution is 7.99. The number of fused-ring (bicyclic) bond motifs is 6. The summed E-state index contributed by atoms with van der Waals surface area (Å²) in [5.41, 5.74) is -4.06. The highest BCUT2D eigenvalue weighted by Gasteiger charge is 2.75. The predicted molar refractivity (Wildman–Crippen MR) is 487 cm³/mol. The number of carbonyl (C=O) groups excluding carboxylic acids is 3. The number of thioether (sulfide) groups is 1. The Hall–Kier alpha value is -8.31. The first-order valence-corrected chi connectivity index (χ1v) is 51.7. The molecule has 37 heteroatoms. The van der Waals surface area contributed by atoms with Crippen LogP contribution in [0.5, 0.6) is 0 Å². The number of nitrogens with zero attached hydrogens (tertiary/aromatic N) is 5. The topological polar surface area (TPSA) is 324 Å². The van der Waals surface area contributed by atoms with Gasteiger partial charge in [-0.25, -0.2) is 34.0 Å². The van der Waals surface area contributed by atoms with Crippen LogP contribution in [-0.2, 0) is 63.6 Å². The monoisotopic (exact) mass is 1920 g/mol. The molecule has 24 nitrogen and oxygen atoms in total. The lowest BCUT2D eigenvalue weighted by Gasteiger charge is -2.52. The van der Waals surface area contributed by atoms with Gasteiger partial charge in [0.25, 0.3) is 19.9 Å². The normalized spacial score (nSPS) is 21.9. The maximum atomic E-state index is 16.3. The number of sulfonamides is 1. The van der Waals surface area contributed by atoms with Gasteiger partial charge < -0.3 is 54.8 Å². The number of sulfone groups is 2. The van der Waals surface area contributed by atoms with Crippen LogP contribution in [0.3, 0.4) is 0 Å². The van der Waals surface area contributed by atoms with Gasteiger partial charge in [0.2, 0.25) is 11.8 Å². The highest BCUT2D eigenvalue weighted by Crippen LogP contribution is 2.67. The fourth-order valence-corrected chi connectivity index (χ4v) is 26.0. The van der Waals surface area contributed by atoms with Gasteiger partial charge in [-0.2, -0.15) is 13.2 Å². The van der Waals surface area contributed by atoms with Crippen LogP contribution in [0.4, 0.5) is 50.4 Å². The lowest BCUT2D eigenvalue weighted by molar-refractivity contribution is -0.157. The number of carboxylic acid groups (broad SMARTS) is 1. The lowest BCUT2D eigenvalue weighted by Crippen LogP contribution is -2.63. The van der Waals surface area contributed by atoms with Crippen LogP contribution in [-0.4, -0.2) is 184 Å². The Morgan fingerprint density at radius 1 is 0.734 bits per heavy atom. The molecule has 2 bridgehead atoms. The van der Waals surface area contributed by atoms with E-state index < -0.39 is 134 Å². The fourth-order valence-electron chi connectivity index (χ4n) is 20.7. The van der Waals surface area contributed by atoms with Crippen LogP contribution in [0.2, 0.25) is 15.1 Å². The first kappa shape index (κ1) is 95.8. The number of esters is 1. The summed E-state index contributed by atoms with van der Waals surface area (Å²) in [5.74, 6) is -3.92. The number of aliphatic carboxylic acids is 1. The van der Waals surface area contributed by atoms with Crippen molar-refractivity contribution in [2.45, 2.75) is 190 Å². The summed E-state index contributed by atoms with van der Waals surface area (Å²) >= 11 is 20.5. The molecule has 8 aromatic rings. The summed E-state index contributed by atoms with van der Waals surface area (Å²) in [6, 6.07) is 38.0. The van der Waals surface area contributed by atoms with E-state index in [4.69, 9.17) is 49.3 Å². The number of carboxylic acids is 1. The molecule has 7 N–H and O–H groups in total. The second-order valence-corrected chi connectivity index (χ2v) is 44.5. The van der Waals surface area contributed by atoms with Gasteiger partial charge in [0.1, 0.15) is 21.9 Å². The number of likely N-dealkylation sites (tertiary alicyclic amines) is 2. The number of aromatic nitrogens is 1. The summed E-state index contributed by atoms with van der Waals surface area (Å²) in [5, 5.41) is 20.4. The van der Waals surface area contributed by atoms with Gasteiger partial charge in [0, 0.05) is 123 Å². The second kappa shape index (κ2) is 38.1. The van der Waals surface area contributed by atoms with Crippen molar-refractivity contribution in [3.8, 4) is 22.4 Å². The van der Waals surface area contributed by atoms with Crippen molar-refractivity contribution in [2.24, 2.45) is 11.3 Å². The van der Waals surface area contributed by atoms with Crippen LogP contribution in [0.1, 0.15) is 146 Å². The lowest BCUT2D eigenvalue weighted by atomic mass is 9.55. The molecule has 4 aliphatic heterocycles. The van der Waals surface area contributed by atoms with E-state index in [1.165, 1.54) is 42.1 Å². The molecule has 0 radical (unpaired) electrons. The van der Waals surface area contributed by atoms with Crippen molar-refractivity contribution in [3.05, 3.63) is 195 Å². The minimum atomic E-state index is -6.13. The number of piperazine rings is 1. The van der Waals surface area contributed by atoms with Crippen molar-refractivity contribution in [1.82, 2.24) is 19.7 Å². The second-order valence-electron chi connectivity index (χ2n) is 34.8. The zero-order chi connectivity index (χ0) is 92.0. The van der Waals surface area contributed by atoms with E-state index in [1.807, 2.05) is 71.5 Å². The van der Waals surface area contributed by atoms with Gasteiger partial charge in [0.05, 0.1) is 56.3 Å². The fraction of sp³-hybridized carbons (Fsp3) is 0.451. The molecule has 16 rings (SSSR count). The van der Waals surface area contributed by atoms with Crippen molar-refractivity contribution in [2.75, 3.05) is 102 Å². The SMILES string of the molecule is CCN1C(C(=O)NC23CCC(C(=O)O)(CC2)CC3)C(c2cccc(Cl)c2F)C2(C(=O)Nc3cc(Cl)ccc32)C12CCCCC2.Cc1c(S(C)(=O)=O)c(-c2cc(F)cc(N3CCN(c4ccc(NS(=O)(=O)c5ccc(NC(CCN6CCC(C(=O)OCCCP(=O)(O)O)CC6)CSc6ccccc6)c(S(=O)(=O)C(F)(F)F)c5)cc4)CC3)c2)c(-c2ccc(Cl)cc2)n1C(C)C. The molecule has 688 valence electrons. The summed E-state index contributed by atoms with van der Waals surface area (Å²) in [6.45, 7) is 11.1. The van der Waals surface area contributed by atoms with Gasteiger partial charge in [-0.1, -0.05) is 110 Å².